The van der Waals surface area contributed by atoms with E-state index in [1.807, 2.05) is 6.92 Å². The first-order valence-corrected chi connectivity index (χ1v) is 7.87. The van der Waals surface area contributed by atoms with Crippen LogP contribution >= 0.6 is 0 Å². The van der Waals surface area contributed by atoms with E-state index in [1.54, 1.807) is 26.0 Å². The Morgan fingerprint density at radius 3 is 2.40 bits per heavy atom. The molecule has 0 fully saturated rings. The van der Waals surface area contributed by atoms with Gasteiger partial charge in [-0.1, -0.05) is 6.07 Å². The van der Waals surface area contributed by atoms with Crippen LogP contribution in [0.5, 0.6) is 0 Å². The predicted octanol–water partition coefficient (Wildman–Crippen LogP) is 1.45. The molecule has 1 N–H and O–H groups in total. The van der Waals surface area contributed by atoms with Crippen molar-refractivity contribution in [3.63, 3.8) is 0 Å². The van der Waals surface area contributed by atoms with Crippen molar-refractivity contribution in [2.45, 2.75) is 38.3 Å². The van der Waals surface area contributed by atoms with Crippen LogP contribution in [0.4, 0.5) is 0 Å². The molecule has 1 unspecified atom stereocenters. The molecule has 0 aliphatic carbocycles. The van der Waals surface area contributed by atoms with Gasteiger partial charge in [0.1, 0.15) is 0 Å². The van der Waals surface area contributed by atoms with E-state index in [2.05, 4.69) is 0 Å². The first-order chi connectivity index (χ1) is 9.25. The van der Waals surface area contributed by atoms with Crippen LogP contribution in [0.15, 0.2) is 17.0 Å². The van der Waals surface area contributed by atoms with Crippen molar-refractivity contribution in [3.8, 4) is 0 Å². The number of methoxy groups -OCH3 is 1. The lowest BCUT2D eigenvalue weighted by molar-refractivity contribution is 0.149. The van der Waals surface area contributed by atoms with Gasteiger partial charge in [0.05, 0.1) is 18.1 Å². The molecule has 0 spiro atoms. The standard InChI is InChI=1S/C14H23NO4S/c1-10-6-11(2)14(7-13(10)8-16)20(17,18)15(4)12(3)9-19-5/h6-7,12,16H,8-9H2,1-5H3. The Kier molecular flexibility index (Phi) is 5.70. The van der Waals surface area contributed by atoms with Gasteiger partial charge in [0.2, 0.25) is 10.0 Å². The SMILES string of the molecule is COCC(C)N(C)S(=O)(=O)c1cc(CO)c(C)cc1C. The summed E-state index contributed by atoms with van der Waals surface area (Å²) < 4.78 is 31.6. The Morgan fingerprint density at radius 1 is 1.30 bits per heavy atom. The van der Waals surface area contributed by atoms with E-state index >= 15 is 0 Å². The minimum Gasteiger partial charge on any atom is -0.392 e. The van der Waals surface area contributed by atoms with Crippen LogP contribution in [-0.2, 0) is 21.4 Å². The zero-order valence-electron chi connectivity index (χ0n) is 12.7. The molecule has 20 heavy (non-hydrogen) atoms. The molecule has 0 saturated carbocycles. The van der Waals surface area contributed by atoms with E-state index in [0.717, 1.165) is 5.56 Å². The fraction of sp³-hybridized carbons (Fsp3) is 0.571. The van der Waals surface area contributed by atoms with Crippen LogP contribution in [0.25, 0.3) is 0 Å². The third-order valence-electron chi connectivity index (χ3n) is 3.49. The average molecular weight is 301 g/mol. The molecule has 5 nitrogen and oxygen atoms in total. The quantitative estimate of drug-likeness (QED) is 0.863. The maximum atomic E-state index is 12.6. The molecule has 0 bridgehead atoms. The lowest BCUT2D eigenvalue weighted by Gasteiger charge is -2.25. The number of hydrogen-bond donors (Lipinski definition) is 1. The summed E-state index contributed by atoms with van der Waals surface area (Å²) in [5, 5.41) is 9.30. The van der Waals surface area contributed by atoms with Crippen molar-refractivity contribution in [3.05, 3.63) is 28.8 Å². The van der Waals surface area contributed by atoms with E-state index in [0.29, 0.717) is 17.7 Å². The number of sulfonamides is 1. The first kappa shape index (κ1) is 17.1. The molecular formula is C14H23NO4S. The average Bonchev–Trinajstić information content (AvgIpc) is 2.37. The van der Waals surface area contributed by atoms with Crippen LogP contribution in [0.3, 0.4) is 0 Å². The zero-order valence-corrected chi connectivity index (χ0v) is 13.5. The number of benzene rings is 1. The number of ether oxygens (including phenoxy) is 1. The summed E-state index contributed by atoms with van der Waals surface area (Å²) in [4.78, 5) is 0.234. The molecule has 0 heterocycles. The first-order valence-electron chi connectivity index (χ1n) is 6.43. The maximum absolute atomic E-state index is 12.6. The van der Waals surface area contributed by atoms with E-state index in [9.17, 15) is 13.5 Å². The molecular weight excluding hydrogens is 278 g/mol. The molecule has 0 radical (unpaired) electrons. The minimum absolute atomic E-state index is 0.175. The topological polar surface area (TPSA) is 66.8 Å². The highest BCUT2D eigenvalue weighted by Gasteiger charge is 2.27. The second-order valence-corrected chi connectivity index (χ2v) is 6.99. The van der Waals surface area contributed by atoms with Gasteiger partial charge < -0.3 is 9.84 Å². The fourth-order valence-electron chi connectivity index (χ4n) is 2.06. The molecule has 1 aromatic carbocycles. The van der Waals surface area contributed by atoms with Crippen molar-refractivity contribution >= 4 is 10.0 Å². The number of aryl methyl sites for hydroxylation is 2. The van der Waals surface area contributed by atoms with Crippen molar-refractivity contribution in [1.29, 1.82) is 0 Å². The van der Waals surface area contributed by atoms with E-state index < -0.39 is 10.0 Å². The van der Waals surface area contributed by atoms with Crippen molar-refractivity contribution < 1.29 is 18.3 Å². The molecule has 114 valence electrons. The number of likely N-dealkylation sites (N-methyl/N-ethyl adjacent to an activating group) is 1. The van der Waals surface area contributed by atoms with Gasteiger partial charge in [-0.25, -0.2) is 8.42 Å². The molecule has 0 aromatic heterocycles. The molecule has 0 saturated heterocycles. The van der Waals surface area contributed by atoms with Crippen molar-refractivity contribution in [2.24, 2.45) is 0 Å². The van der Waals surface area contributed by atoms with Crippen LogP contribution in [0, 0.1) is 13.8 Å². The molecule has 0 aliphatic heterocycles. The van der Waals surface area contributed by atoms with Crippen molar-refractivity contribution in [2.75, 3.05) is 20.8 Å². The van der Waals surface area contributed by atoms with E-state index in [1.165, 1.54) is 18.5 Å². The normalized spacial score (nSPS) is 13.8. The highest BCUT2D eigenvalue weighted by molar-refractivity contribution is 7.89. The molecule has 0 amide bonds. The summed E-state index contributed by atoms with van der Waals surface area (Å²) in [5.41, 5.74) is 2.19. The molecule has 1 rings (SSSR count). The second kappa shape index (κ2) is 6.67. The largest absolute Gasteiger partial charge is 0.392 e. The number of nitrogens with zero attached hydrogens (tertiary/aromatic N) is 1. The lowest BCUT2D eigenvalue weighted by atomic mass is 10.1. The van der Waals surface area contributed by atoms with Crippen LogP contribution in [0.1, 0.15) is 23.6 Å². The maximum Gasteiger partial charge on any atom is 0.243 e. The van der Waals surface area contributed by atoms with E-state index in [4.69, 9.17) is 4.74 Å². The van der Waals surface area contributed by atoms with Gasteiger partial charge in [0, 0.05) is 20.2 Å². The molecule has 1 atom stereocenters. The Bertz CT molecular complexity index is 569. The van der Waals surface area contributed by atoms with Gasteiger partial charge in [-0.2, -0.15) is 4.31 Å². The summed E-state index contributed by atoms with van der Waals surface area (Å²) in [7, 11) is -0.520. The minimum atomic E-state index is -3.60. The Labute approximate surface area is 121 Å². The van der Waals surface area contributed by atoms with Gasteiger partial charge >= 0.3 is 0 Å². The number of rotatable bonds is 6. The van der Waals surface area contributed by atoms with E-state index in [-0.39, 0.29) is 17.5 Å². The number of aliphatic hydroxyl groups excluding tert-OH is 1. The van der Waals surface area contributed by atoms with Gasteiger partial charge in [-0.15, -0.1) is 0 Å². The highest BCUT2D eigenvalue weighted by atomic mass is 32.2. The lowest BCUT2D eigenvalue weighted by Crippen LogP contribution is -2.38. The Hall–Kier alpha value is -0.950. The third kappa shape index (κ3) is 3.38. The number of hydrogen-bond acceptors (Lipinski definition) is 4. The predicted molar refractivity (Wildman–Crippen MR) is 78.1 cm³/mol. The summed E-state index contributed by atoms with van der Waals surface area (Å²) in [6.45, 7) is 5.55. The third-order valence-corrected chi connectivity index (χ3v) is 5.60. The van der Waals surface area contributed by atoms with Crippen LogP contribution in [0.2, 0.25) is 0 Å². The van der Waals surface area contributed by atoms with Crippen molar-refractivity contribution in [1.82, 2.24) is 4.31 Å². The zero-order chi connectivity index (χ0) is 15.5. The van der Waals surface area contributed by atoms with Gasteiger partial charge in [-0.05, 0) is 43.5 Å². The summed E-state index contributed by atoms with van der Waals surface area (Å²) in [6, 6.07) is 3.08. The molecule has 0 aliphatic rings. The highest BCUT2D eigenvalue weighted by Crippen LogP contribution is 2.24. The van der Waals surface area contributed by atoms with Crippen LogP contribution in [-0.4, -0.2) is 44.6 Å². The number of aliphatic hydroxyl groups is 1. The Balaban J connectivity index is 3.28. The van der Waals surface area contributed by atoms with Gasteiger partial charge in [0.25, 0.3) is 0 Å². The fourth-order valence-corrected chi connectivity index (χ4v) is 3.66. The molecule has 1 aromatic rings. The summed E-state index contributed by atoms with van der Waals surface area (Å²) in [6.07, 6.45) is 0. The summed E-state index contributed by atoms with van der Waals surface area (Å²) >= 11 is 0. The monoisotopic (exact) mass is 301 g/mol. The smallest absolute Gasteiger partial charge is 0.243 e. The Morgan fingerprint density at radius 2 is 1.90 bits per heavy atom. The second-order valence-electron chi connectivity index (χ2n) is 5.03. The summed E-state index contributed by atoms with van der Waals surface area (Å²) in [5.74, 6) is 0. The van der Waals surface area contributed by atoms with Gasteiger partial charge in [-0.3, -0.25) is 0 Å². The molecule has 6 heteroatoms. The van der Waals surface area contributed by atoms with Gasteiger partial charge in [0.15, 0.2) is 0 Å². The van der Waals surface area contributed by atoms with Crippen LogP contribution < -0.4 is 0 Å².